The van der Waals surface area contributed by atoms with Gasteiger partial charge in [0.05, 0.1) is 24.1 Å². The Morgan fingerprint density at radius 1 is 1.27 bits per heavy atom. The van der Waals surface area contributed by atoms with Gasteiger partial charge in [0.2, 0.25) is 0 Å². The van der Waals surface area contributed by atoms with Gasteiger partial charge in [-0.1, -0.05) is 0 Å². The lowest BCUT2D eigenvalue weighted by atomic mass is 10.1. The second-order valence-corrected chi connectivity index (χ2v) is 7.16. The van der Waals surface area contributed by atoms with Crippen LogP contribution in [0.4, 0.5) is 0 Å². The minimum absolute atomic E-state index is 0.145. The monoisotopic (exact) mass is 353 g/mol. The van der Waals surface area contributed by atoms with E-state index in [4.69, 9.17) is 0 Å². The van der Waals surface area contributed by atoms with Crippen LogP contribution in [-0.2, 0) is 6.54 Å². The van der Waals surface area contributed by atoms with E-state index in [1.54, 1.807) is 23.2 Å². The van der Waals surface area contributed by atoms with E-state index in [1.807, 2.05) is 24.8 Å². The van der Waals surface area contributed by atoms with E-state index < -0.39 is 0 Å². The predicted octanol–water partition coefficient (Wildman–Crippen LogP) is 0.880. The lowest BCUT2D eigenvalue weighted by Gasteiger charge is -2.24. The topological polar surface area (TPSA) is 80.1 Å². The number of fused-ring (bicyclic) bond motifs is 1. The summed E-state index contributed by atoms with van der Waals surface area (Å²) in [5.41, 5.74) is 2.27. The largest absolute Gasteiger partial charge is 0.334 e. The van der Waals surface area contributed by atoms with Gasteiger partial charge in [-0.3, -0.25) is 19.6 Å². The van der Waals surface area contributed by atoms with Crippen LogP contribution < -0.4 is 10.9 Å². The van der Waals surface area contributed by atoms with Crippen LogP contribution in [0.15, 0.2) is 29.5 Å². The van der Waals surface area contributed by atoms with Gasteiger partial charge in [0.1, 0.15) is 5.56 Å². The highest BCUT2D eigenvalue weighted by molar-refractivity contribution is 5.95. The molecule has 1 amide bonds. The Kier molecular flexibility index (Phi) is 4.32. The predicted molar refractivity (Wildman–Crippen MR) is 97.2 cm³/mol. The van der Waals surface area contributed by atoms with Crippen molar-refractivity contribution in [3.63, 3.8) is 0 Å². The van der Waals surface area contributed by atoms with E-state index in [0.717, 1.165) is 30.6 Å². The highest BCUT2D eigenvalue weighted by Crippen LogP contribution is 2.26. The zero-order valence-corrected chi connectivity index (χ0v) is 15.1. The van der Waals surface area contributed by atoms with Crippen molar-refractivity contribution >= 4 is 5.91 Å². The van der Waals surface area contributed by atoms with E-state index >= 15 is 0 Å². The molecule has 2 atom stereocenters. The van der Waals surface area contributed by atoms with Gasteiger partial charge in [-0.25, -0.2) is 0 Å². The van der Waals surface area contributed by atoms with Crippen molar-refractivity contribution in [1.29, 1.82) is 0 Å². The van der Waals surface area contributed by atoms with Gasteiger partial charge >= 0.3 is 0 Å². The van der Waals surface area contributed by atoms with E-state index in [2.05, 4.69) is 15.3 Å². The van der Waals surface area contributed by atoms with Crippen LogP contribution >= 0.6 is 0 Å². The zero-order valence-electron chi connectivity index (χ0n) is 15.1. The lowest BCUT2D eigenvalue weighted by Crippen LogP contribution is -2.42. The van der Waals surface area contributed by atoms with Gasteiger partial charge < -0.3 is 14.8 Å². The van der Waals surface area contributed by atoms with Crippen LogP contribution in [0.2, 0.25) is 0 Å². The van der Waals surface area contributed by atoms with Gasteiger partial charge in [0, 0.05) is 31.0 Å². The summed E-state index contributed by atoms with van der Waals surface area (Å²) in [5, 5.41) is 3.44. The van der Waals surface area contributed by atoms with Crippen molar-refractivity contribution in [3.05, 3.63) is 57.5 Å². The van der Waals surface area contributed by atoms with E-state index in [1.165, 1.54) is 0 Å². The van der Waals surface area contributed by atoms with Crippen molar-refractivity contribution < 1.29 is 4.79 Å². The summed E-state index contributed by atoms with van der Waals surface area (Å²) in [6.07, 6.45) is 6.97. The van der Waals surface area contributed by atoms with Crippen LogP contribution in [0.25, 0.3) is 0 Å². The first kappa shape index (κ1) is 16.9. The fourth-order valence-electron chi connectivity index (χ4n) is 3.99. The number of likely N-dealkylation sites (tertiary alicyclic amines) is 1. The number of carbonyl (C=O) groups is 1. The van der Waals surface area contributed by atoms with Gasteiger partial charge in [-0.05, 0) is 44.9 Å². The Hall–Kier alpha value is -2.54. The molecule has 4 rings (SSSR count). The summed E-state index contributed by atoms with van der Waals surface area (Å²) in [4.78, 5) is 36.5. The molecule has 7 heteroatoms. The Morgan fingerprint density at radius 3 is 2.88 bits per heavy atom. The molecule has 0 radical (unpaired) electrons. The van der Waals surface area contributed by atoms with Crippen molar-refractivity contribution in [1.82, 2.24) is 24.8 Å². The van der Waals surface area contributed by atoms with Gasteiger partial charge in [-0.15, -0.1) is 0 Å². The van der Waals surface area contributed by atoms with Crippen molar-refractivity contribution in [2.75, 3.05) is 13.1 Å². The molecule has 1 N–H and O–H groups in total. The van der Waals surface area contributed by atoms with E-state index in [0.29, 0.717) is 24.8 Å². The molecule has 0 unspecified atom stereocenters. The molecular weight excluding hydrogens is 330 g/mol. The Balaban J connectivity index is 1.65. The third-order valence-corrected chi connectivity index (χ3v) is 5.41. The quantitative estimate of drug-likeness (QED) is 0.886. The minimum Gasteiger partial charge on any atom is -0.334 e. The van der Waals surface area contributed by atoms with Gasteiger partial charge in [0.25, 0.3) is 11.5 Å². The molecule has 2 saturated heterocycles. The second kappa shape index (κ2) is 6.64. The van der Waals surface area contributed by atoms with E-state index in [-0.39, 0.29) is 23.1 Å². The summed E-state index contributed by atoms with van der Waals surface area (Å²) in [6, 6.07) is 2.41. The third kappa shape index (κ3) is 2.92. The van der Waals surface area contributed by atoms with Crippen molar-refractivity contribution in [2.45, 2.75) is 45.3 Å². The number of hydrogen-bond donors (Lipinski definition) is 1. The van der Waals surface area contributed by atoms with Crippen LogP contribution in [0.1, 0.15) is 40.2 Å². The maximum absolute atomic E-state index is 13.1. The SMILES string of the molecule is Cc1cnc(Cn2ccc(C)c(C(=O)N3CC[C@@H]4NCC[C@@H]43)c2=O)cn1. The number of aromatic nitrogens is 3. The fourth-order valence-corrected chi connectivity index (χ4v) is 3.99. The first-order valence-corrected chi connectivity index (χ1v) is 9.06. The molecule has 0 aromatic carbocycles. The number of amides is 1. The van der Waals surface area contributed by atoms with Crippen LogP contribution in [0.5, 0.6) is 0 Å². The molecule has 0 bridgehead atoms. The fraction of sp³-hybridized carbons (Fsp3) is 0.474. The lowest BCUT2D eigenvalue weighted by molar-refractivity contribution is 0.0733. The molecule has 0 saturated carbocycles. The molecule has 2 fully saturated rings. The molecule has 4 heterocycles. The number of nitrogens with one attached hydrogen (secondary N) is 1. The molecule has 26 heavy (non-hydrogen) atoms. The molecule has 0 spiro atoms. The van der Waals surface area contributed by atoms with Crippen LogP contribution in [0.3, 0.4) is 0 Å². The maximum Gasteiger partial charge on any atom is 0.264 e. The highest BCUT2D eigenvalue weighted by Gasteiger charge is 2.40. The molecule has 136 valence electrons. The third-order valence-electron chi connectivity index (χ3n) is 5.41. The summed E-state index contributed by atoms with van der Waals surface area (Å²) < 4.78 is 1.54. The number of rotatable bonds is 3. The summed E-state index contributed by atoms with van der Waals surface area (Å²) in [6.45, 7) is 5.64. The standard InChI is InChI=1S/C19H23N5O2/c1-12-4-7-23(11-14-10-21-13(2)9-22-14)18(25)17(12)19(26)24-8-5-15-16(24)3-6-20-15/h4,7,9-10,15-16,20H,3,5-6,8,11H2,1-2H3/t15-,16-/m0/s1. The highest BCUT2D eigenvalue weighted by atomic mass is 16.2. The zero-order chi connectivity index (χ0) is 18.3. The maximum atomic E-state index is 13.1. The molecule has 2 aliphatic heterocycles. The first-order chi connectivity index (χ1) is 12.5. The molecule has 0 aliphatic carbocycles. The molecular formula is C19H23N5O2. The normalized spacial score (nSPS) is 21.8. The van der Waals surface area contributed by atoms with Gasteiger partial charge in [0.15, 0.2) is 0 Å². The molecule has 7 nitrogen and oxygen atoms in total. The van der Waals surface area contributed by atoms with Crippen LogP contribution in [-0.4, -0.2) is 50.5 Å². The summed E-state index contributed by atoms with van der Waals surface area (Å²) in [7, 11) is 0. The average Bonchev–Trinajstić information content (AvgIpc) is 3.22. The van der Waals surface area contributed by atoms with Crippen molar-refractivity contribution in [3.8, 4) is 0 Å². The number of carbonyl (C=O) groups excluding carboxylic acids is 1. The van der Waals surface area contributed by atoms with E-state index in [9.17, 15) is 9.59 Å². The smallest absolute Gasteiger partial charge is 0.264 e. The average molecular weight is 353 g/mol. The number of pyridine rings is 1. The Bertz CT molecular complexity index is 890. The Labute approximate surface area is 152 Å². The first-order valence-electron chi connectivity index (χ1n) is 9.06. The number of aryl methyl sites for hydroxylation is 2. The number of nitrogens with zero attached hydrogens (tertiary/aromatic N) is 4. The van der Waals surface area contributed by atoms with Gasteiger partial charge in [-0.2, -0.15) is 0 Å². The minimum atomic E-state index is -0.258. The summed E-state index contributed by atoms with van der Waals surface area (Å²) >= 11 is 0. The van der Waals surface area contributed by atoms with Crippen LogP contribution in [0, 0.1) is 13.8 Å². The molecule has 2 aliphatic rings. The Morgan fingerprint density at radius 2 is 2.12 bits per heavy atom. The molecule has 2 aromatic rings. The summed E-state index contributed by atoms with van der Waals surface area (Å²) in [5.74, 6) is -0.145. The second-order valence-electron chi connectivity index (χ2n) is 7.16. The molecule has 2 aromatic heterocycles. The number of hydrogen-bond acceptors (Lipinski definition) is 5. The van der Waals surface area contributed by atoms with Crippen molar-refractivity contribution in [2.24, 2.45) is 0 Å².